The number of benzene rings is 3. The molecule has 2 bridgehead atoms. The van der Waals surface area contributed by atoms with Gasteiger partial charge in [-0.15, -0.1) is 0 Å². The van der Waals surface area contributed by atoms with Crippen LogP contribution in [0.2, 0.25) is 0 Å². The van der Waals surface area contributed by atoms with Crippen molar-refractivity contribution in [1.82, 2.24) is 4.90 Å². The lowest BCUT2D eigenvalue weighted by Gasteiger charge is -2.47. The first-order chi connectivity index (χ1) is 16.1. The molecule has 0 aromatic heterocycles. The predicted octanol–water partition coefficient (Wildman–Crippen LogP) is 6.00. The summed E-state index contributed by atoms with van der Waals surface area (Å²) in [6.45, 7) is 0.278. The fraction of sp³-hybridized carbons (Fsp3) is 0.357. The molecule has 2 saturated heterocycles. The van der Waals surface area contributed by atoms with Gasteiger partial charge < -0.3 is 14.4 Å². The second kappa shape index (κ2) is 9.26. The van der Waals surface area contributed by atoms with Gasteiger partial charge in [0.25, 0.3) is 0 Å². The summed E-state index contributed by atoms with van der Waals surface area (Å²) in [5, 5.41) is 2.09. The first-order valence-corrected chi connectivity index (χ1v) is 11.7. The maximum Gasteiger partial charge on any atom is 0.410 e. The highest BCUT2D eigenvalue weighted by molar-refractivity contribution is 6.01. The molecule has 0 saturated carbocycles. The smallest absolute Gasteiger partial charge is 0.410 e. The van der Waals surface area contributed by atoms with E-state index in [2.05, 4.69) is 0 Å². The number of amides is 1. The summed E-state index contributed by atoms with van der Waals surface area (Å²) in [5.41, 5.74) is 1.73. The summed E-state index contributed by atoms with van der Waals surface area (Å²) in [6.07, 6.45) is 4.11. The molecule has 3 aromatic rings. The number of fused-ring (bicyclic) bond motifs is 3. The molecule has 2 aliphatic heterocycles. The number of hydrogen-bond donors (Lipinski definition) is 0. The van der Waals surface area contributed by atoms with Crippen LogP contribution in [0.5, 0.6) is 5.75 Å². The normalized spacial score (nSPS) is 22.1. The molecule has 2 fully saturated rings. The maximum atomic E-state index is 13.4. The van der Waals surface area contributed by atoms with Crippen LogP contribution in [0, 0.1) is 5.92 Å². The lowest BCUT2D eigenvalue weighted by Crippen LogP contribution is -2.55. The van der Waals surface area contributed by atoms with Crippen molar-refractivity contribution in [3.63, 3.8) is 0 Å². The van der Waals surface area contributed by atoms with E-state index >= 15 is 0 Å². The van der Waals surface area contributed by atoms with Gasteiger partial charge in [-0.1, -0.05) is 48.5 Å². The molecule has 5 rings (SSSR count). The number of nitrogens with zero attached hydrogens (tertiary/aromatic N) is 1. The molecule has 2 aliphatic rings. The highest BCUT2D eigenvalue weighted by Crippen LogP contribution is 2.39. The number of carbonyl (C=O) groups is 2. The summed E-state index contributed by atoms with van der Waals surface area (Å²) in [6, 6.07) is 21.7. The SMILES string of the molecule is COc1ccc2cc(C(=O)C3CC4CCCC(C3)N4C(=O)OCc3ccccc3)ccc2c1. The number of ether oxygens (including phenoxy) is 2. The Morgan fingerprint density at radius 3 is 2.33 bits per heavy atom. The van der Waals surface area contributed by atoms with E-state index in [1.165, 1.54) is 0 Å². The van der Waals surface area contributed by atoms with Gasteiger partial charge in [0, 0.05) is 23.6 Å². The maximum absolute atomic E-state index is 13.4. The van der Waals surface area contributed by atoms with E-state index in [1.807, 2.05) is 71.6 Å². The molecular formula is C28H29NO4. The van der Waals surface area contributed by atoms with Gasteiger partial charge in [0.15, 0.2) is 5.78 Å². The molecule has 5 heteroatoms. The van der Waals surface area contributed by atoms with Gasteiger partial charge in [-0.2, -0.15) is 0 Å². The molecule has 2 heterocycles. The van der Waals surface area contributed by atoms with Gasteiger partial charge in [0.2, 0.25) is 0 Å². The minimum Gasteiger partial charge on any atom is -0.497 e. The Bertz CT molecular complexity index is 1150. The highest BCUT2D eigenvalue weighted by atomic mass is 16.6. The summed E-state index contributed by atoms with van der Waals surface area (Å²) >= 11 is 0. The van der Waals surface area contributed by atoms with Crippen molar-refractivity contribution in [3.8, 4) is 5.75 Å². The fourth-order valence-electron chi connectivity index (χ4n) is 5.43. The predicted molar refractivity (Wildman–Crippen MR) is 127 cm³/mol. The molecule has 0 radical (unpaired) electrons. The molecule has 3 aromatic carbocycles. The Labute approximate surface area is 194 Å². The van der Waals surface area contributed by atoms with Crippen molar-refractivity contribution in [2.24, 2.45) is 5.92 Å². The van der Waals surface area contributed by atoms with Crippen molar-refractivity contribution < 1.29 is 19.1 Å². The topological polar surface area (TPSA) is 55.8 Å². The average Bonchev–Trinajstić information content (AvgIpc) is 2.86. The molecule has 0 spiro atoms. The molecule has 1 amide bonds. The Morgan fingerprint density at radius 1 is 0.909 bits per heavy atom. The average molecular weight is 444 g/mol. The molecular weight excluding hydrogens is 414 g/mol. The molecule has 33 heavy (non-hydrogen) atoms. The third-order valence-electron chi connectivity index (χ3n) is 7.09. The number of ketones is 1. The van der Waals surface area contributed by atoms with Gasteiger partial charge in [-0.25, -0.2) is 4.79 Å². The van der Waals surface area contributed by atoms with E-state index in [0.29, 0.717) is 12.8 Å². The number of Topliss-reactive ketones (excluding diaryl/α,β-unsaturated/α-hetero) is 1. The zero-order chi connectivity index (χ0) is 22.8. The van der Waals surface area contributed by atoms with E-state index in [-0.39, 0.29) is 36.5 Å². The number of rotatable bonds is 5. The Balaban J connectivity index is 1.28. The number of hydrogen-bond acceptors (Lipinski definition) is 4. The third-order valence-corrected chi connectivity index (χ3v) is 7.09. The molecule has 170 valence electrons. The standard InChI is InChI=1S/C28H29NO4/c1-32-26-13-12-20-14-22(11-10-21(20)17-26)27(30)23-15-24-8-5-9-25(16-23)29(24)28(31)33-18-19-6-3-2-4-7-19/h2-4,6-7,10-14,17,23-25H,5,8-9,15-16,18H2,1H3. The summed E-state index contributed by atoms with van der Waals surface area (Å²) in [5.74, 6) is 0.928. The van der Waals surface area contributed by atoms with E-state index in [1.54, 1.807) is 7.11 Å². The summed E-state index contributed by atoms with van der Waals surface area (Å²) < 4.78 is 10.9. The zero-order valence-corrected chi connectivity index (χ0v) is 18.9. The van der Waals surface area contributed by atoms with E-state index < -0.39 is 0 Å². The summed E-state index contributed by atoms with van der Waals surface area (Å²) in [7, 11) is 1.65. The summed E-state index contributed by atoms with van der Waals surface area (Å²) in [4.78, 5) is 28.3. The van der Waals surface area contributed by atoms with Crippen molar-refractivity contribution in [3.05, 3.63) is 77.9 Å². The molecule has 2 atom stereocenters. The van der Waals surface area contributed by atoms with Crippen LogP contribution in [0.25, 0.3) is 10.8 Å². The fourth-order valence-corrected chi connectivity index (χ4v) is 5.43. The molecule has 0 aliphatic carbocycles. The van der Waals surface area contributed by atoms with Crippen LogP contribution in [0.1, 0.15) is 48.0 Å². The number of carbonyl (C=O) groups excluding carboxylic acids is 2. The van der Waals surface area contributed by atoms with Crippen LogP contribution >= 0.6 is 0 Å². The van der Waals surface area contributed by atoms with E-state index in [0.717, 1.165) is 46.9 Å². The van der Waals surface area contributed by atoms with E-state index in [9.17, 15) is 9.59 Å². The zero-order valence-electron chi connectivity index (χ0n) is 18.9. The van der Waals surface area contributed by atoms with Crippen molar-refractivity contribution >= 4 is 22.6 Å². The second-order valence-corrected chi connectivity index (χ2v) is 9.15. The monoisotopic (exact) mass is 443 g/mol. The first-order valence-electron chi connectivity index (χ1n) is 11.7. The van der Waals surface area contributed by atoms with Crippen molar-refractivity contribution in [1.29, 1.82) is 0 Å². The lowest BCUT2D eigenvalue weighted by molar-refractivity contribution is 0.00473. The van der Waals surface area contributed by atoms with Gasteiger partial charge in [-0.05, 0) is 66.6 Å². The van der Waals surface area contributed by atoms with Crippen molar-refractivity contribution in [2.75, 3.05) is 7.11 Å². The Hall–Kier alpha value is -3.34. The number of piperidine rings is 2. The molecule has 5 nitrogen and oxygen atoms in total. The minimum absolute atomic E-state index is 0.0610. The van der Waals surface area contributed by atoms with Gasteiger partial charge in [0.1, 0.15) is 12.4 Å². The molecule has 2 unspecified atom stereocenters. The number of methoxy groups -OCH3 is 1. The lowest BCUT2D eigenvalue weighted by atomic mass is 9.75. The van der Waals surface area contributed by atoms with Gasteiger partial charge in [0.05, 0.1) is 7.11 Å². The largest absolute Gasteiger partial charge is 0.497 e. The first kappa shape index (κ1) is 21.5. The van der Waals surface area contributed by atoms with E-state index in [4.69, 9.17) is 9.47 Å². The minimum atomic E-state index is -0.251. The van der Waals surface area contributed by atoms with Crippen molar-refractivity contribution in [2.45, 2.75) is 50.8 Å². The van der Waals surface area contributed by atoms with Crippen LogP contribution in [0.3, 0.4) is 0 Å². The van der Waals surface area contributed by atoms with Crippen LogP contribution in [-0.4, -0.2) is 36.0 Å². The van der Waals surface area contributed by atoms with Gasteiger partial charge >= 0.3 is 6.09 Å². The van der Waals surface area contributed by atoms with Crippen LogP contribution in [-0.2, 0) is 11.3 Å². The van der Waals surface area contributed by atoms with Crippen LogP contribution in [0.4, 0.5) is 4.79 Å². The highest BCUT2D eigenvalue weighted by Gasteiger charge is 2.43. The van der Waals surface area contributed by atoms with Gasteiger partial charge in [-0.3, -0.25) is 4.79 Å². The van der Waals surface area contributed by atoms with Crippen LogP contribution < -0.4 is 4.74 Å². The third kappa shape index (κ3) is 4.45. The Morgan fingerprint density at radius 2 is 1.61 bits per heavy atom. The second-order valence-electron chi connectivity index (χ2n) is 9.15. The Kier molecular flexibility index (Phi) is 6.03. The van der Waals surface area contributed by atoms with Crippen LogP contribution in [0.15, 0.2) is 66.7 Å². The molecule has 0 N–H and O–H groups in total. The quantitative estimate of drug-likeness (QED) is 0.454.